The smallest absolute Gasteiger partial charge is 0.356 e. The van der Waals surface area contributed by atoms with Crippen LogP contribution < -0.4 is 10.6 Å². The van der Waals surface area contributed by atoms with Crippen LogP contribution in [0.1, 0.15) is 12.0 Å². The quantitative estimate of drug-likeness (QED) is 0.657. The zero-order valence-electron chi connectivity index (χ0n) is 12.8. The highest BCUT2D eigenvalue weighted by atomic mass is 19.4. The van der Waals surface area contributed by atoms with Gasteiger partial charge in [0.1, 0.15) is 0 Å². The van der Waals surface area contributed by atoms with Crippen molar-refractivity contribution >= 4 is 16.9 Å². The Balaban J connectivity index is 1.85. The molecule has 4 nitrogen and oxygen atoms in total. The first kappa shape index (κ1) is 17.1. The first-order valence-corrected chi connectivity index (χ1v) is 7.33. The monoisotopic (exact) mass is 324 g/mol. The summed E-state index contributed by atoms with van der Waals surface area (Å²) in [6.45, 7) is 0.361. The molecule has 1 heterocycles. The summed E-state index contributed by atoms with van der Waals surface area (Å²) in [5.74, 6) is 0.363. The van der Waals surface area contributed by atoms with Crippen molar-refractivity contribution in [3.05, 3.63) is 42.1 Å². The Morgan fingerprint density at radius 3 is 2.61 bits per heavy atom. The van der Waals surface area contributed by atoms with Crippen LogP contribution in [0.15, 0.2) is 41.5 Å². The van der Waals surface area contributed by atoms with Gasteiger partial charge >= 0.3 is 6.18 Å². The van der Waals surface area contributed by atoms with Crippen LogP contribution in [0.25, 0.3) is 10.9 Å². The molecule has 2 aromatic rings. The number of pyridine rings is 1. The fourth-order valence-electron chi connectivity index (χ4n) is 2.23. The fourth-order valence-corrected chi connectivity index (χ4v) is 2.23. The van der Waals surface area contributed by atoms with Gasteiger partial charge in [-0.25, -0.2) is 0 Å². The number of hydrogen-bond donors (Lipinski definition) is 2. The van der Waals surface area contributed by atoms with Crippen LogP contribution in [0.3, 0.4) is 0 Å². The summed E-state index contributed by atoms with van der Waals surface area (Å²) in [5, 5.41) is 6.73. The highest BCUT2D eigenvalue weighted by molar-refractivity contribution is 5.82. The van der Waals surface area contributed by atoms with Crippen LogP contribution in [0.5, 0.6) is 0 Å². The molecule has 0 atom stereocenters. The zero-order chi connectivity index (χ0) is 16.7. The Labute approximate surface area is 132 Å². The number of para-hydroxylation sites is 1. The number of benzene rings is 1. The highest BCUT2D eigenvalue weighted by Crippen LogP contribution is 2.18. The molecule has 0 fully saturated rings. The standard InChI is InChI=1S/C16H19F3N4/c1-20-15(23-11-8-16(17,18)19)22-10-7-13-5-2-4-12-6-3-9-21-14(12)13/h2-6,9H,7-8,10-11H2,1H3,(H2,20,22,23). The minimum absolute atomic E-state index is 0.195. The van der Waals surface area contributed by atoms with Gasteiger partial charge in [-0.05, 0) is 18.1 Å². The molecule has 1 aromatic heterocycles. The second kappa shape index (κ2) is 7.80. The Kier molecular flexibility index (Phi) is 5.78. The van der Waals surface area contributed by atoms with Gasteiger partial charge in [-0.3, -0.25) is 9.98 Å². The highest BCUT2D eigenvalue weighted by Gasteiger charge is 2.26. The summed E-state index contributed by atoms with van der Waals surface area (Å²) >= 11 is 0. The van der Waals surface area contributed by atoms with Crippen molar-refractivity contribution in [1.29, 1.82) is 0 Å². The van der Waals surface area contributed by atoms with Crippen molar-refractivity contribution in [2.24, 2.45) is 4.99 Å². The first-order chi connectivity index (χ1) is 11.0. The van der Waals surface area contributed by atoms with E-state index in [-0.39, 0.29) is 6.54 Å². The largest absolute Gasteiger partial charge is 0.390 e. The SMILES string of the molecule is CN=C(NCCc1cccc2cccnc12)NCCC(F)(F)F. The lowest BCUT2D eigenvalue weighted by atomic mass is 10.1. The van der Waals surface area contributed by atoms with Crippen LogP contribution >= 0.6 is 0 Å². The van der Waals surface area contributed by atoms with E-state index in [0.29, 0.717) is 18.9 Å². The predicted octanol–water partition coefficient (Wildman–Crippen LogP) is 2.89. The lowest BCUT2D eigenvalue weighted by molar-refractivity contribution is -0.132. The van der Waals surface area contributed by atoms with E-state index in [1.807, 2.05) is 30.3 Å². The molecule has 0 spiro atoms. The molecular formula is C16H19F3N4. The molecule has 7 heteroatoms. The third kappa shape index (κ3) is 5.43. The maximum atomic E-state index is 12.1. The van der Waals surface area contributed by atoms with Crippen molar-refractivity contribution in [3.63, 3.8) is 0 Å². The van der Waals surface area contributed by atoms with Gasteiger partial charge in [0.2, 0.25) is 0 Å². The van der Waals surface area contributed by atoms with Gasteiger partial charge in [0.25, 0.3) is 0 Å². The van der Waals surface area contributed by atoms with E-state index in [9.17, 15) is 13.2 Å². The molecule has 2 N–H and O–H groups in total. The molecule has 0 radical (unpaired) electrons. The summed E-state index contributed by atoms with van der Waals surface area (Å²) in [5.41, 5.74) is 2.03. The maximum absolute atomic E-state index is 12.1. The van der Waals surface area contributed by atoms with Gasteiger partial charge < -0.3 is 10.6 Å². The number of aliphatic imine (C=N–C) groups is 1. The van der Waals surface area contributed by atoms with Crippen molar-refractivity contribution in [2.75, 3.05) is 20.1 Å². The number of hydrogen-bond acceptors (Lipinski definition) is 2. The third-order valence-corrected chi connectivity index (χ3v) is 3.33. The molecule has 2 rings (SSSR count). The zero-order valence-corrected chi connectivity index (χ0v) is 12.8. The van der Waals surface area contributed by atoms with Gasteiger partial charge in [-0.1, -0.05) is 24.3 Å². The van der Waals surface area contributed by atoms with Crippen LogP contribution in [0.4, 0.5) is 13.2 Å². The van der Waals surface area contributed by atoms with Crippen LogP contribution in [0, 0.1) is 0 Å². The molecule has 0 amide bonds. The van der Waals surface area contributed by atoms with Gasteiger partial charge in [0, 0.05) is 31.7 Å². The molecule has 0 aliphatic heterocycles. The summed E-state index contributed by atoms with van der Waals surface area (Å²) in [7, 11) is 1.53. The first-order valence-electron chi connectivity index (χ1n) is 7.33. The molecule has 23 heavy (non-hydrogen) atoms. The van der Waals surface area contributed by atoms with Gasteiger partial charge in [-0.15, -0.1) is 0 Å². The van der Waals surface area contributed by atoms with Gasteiger partial charge in [-0.2, -0.15) is 13.2 Å². The van der Waals surface area contributed by atoms with Crippen LogP contribution in [-0.4, -0.2) is 37.3 Å². The van der Waals surface area contributed by atoms with Gasteiger partial charge in [0.15, 0.2) is 5.96 Å². The van der Waals surface area contributed by atoms with Crippen molar-refractivity contribution in [3.8, 4) is 0 Å². The van der Waals surface area contributed by atoms with E-state index in [1.165, 1.54) is 7.05 Å². The van der Waals surface area contributed by atoms with Crippen molar-refractivity contribution < 1.29 is 13.2 Å². The molecule has 0 unspecified atom stereocenters. The number of alkyl halides is 3. The van der Waals surface area contributed by atoms with E-state index < -0.39 is 12.6 Å². The van der Waals surface area contributed by atoms with E-state index in [2.05, 4.69) is 20.6 Å². The number of halogens is 3. The Hall–Kier alpha value is -2.31. The molecule has 124 valence electrons. The minimum atomic E-state index is -4.17. The van der Waals surface area contributed by atoms with E-state index in [1.54, 1.807) is 6.20 Å². The lowest BCUT2D eigenvalue weighted by Gasteiger charge is -2.13. The summed E-state index contributed by atoms with van der Waals surface area (Å²) in [4.78, 5) is 8.29. The fraction of sp³-hybridized carbons (Fsp3) is 0.375. The third-order valence-electron chi connectivity index (χ3n) is 3.33. The average Bonchev–Trinajstić information content (AvgIpc) is 2.52. The Bertz CT molecular complexity index is 662. The number of guanidine groups is 1. The predicted molar refractivity (Wildman–Crippen MR) is 85.5 cm³/mol. The number of aromatic nitrogens is 1. The van der Waals surface area contributed by atoms with Crippen LogP contribution in [-0.2, 0) is 6.42 Å². The normalized spacial score (nSPS) is 12.4. The number of fused-ring (bicyclic) bond motifs is 1. The van der Waals surface area contributed by atoms with E-state index in [0.717, 1.165) is 16.5 Å². The van der Waals surface area contributed by atoms with E-state index in [4.69, 9.17) is 0 Å². The molecular weight excluding hydrogens is 305 g/mol. The number of nitrogens with zero attached hydrogens (tertiary/aromatic N) is 2. The summed E-state index contributed by atoms with van der Waals surface area (Å²) in [6.07, 6.45) is -2.60. The van der Waals surface area contributed by atoms with E-state index >= 15 is 0 Å². The van der Waals surface area contributed by atoms with Crippen LogP contribution in [0.2, 0.25) is 0 Å². The molecule has 1 aromatic carbocycles. The average molecular weight is 324 g/mol. The molecule has 0 bridgehead atoms. The minimum Gasteiger partial charge on any atom is -0.356 e. The Morgan fingerprint density at radius 1 is 1.13 bits per heavy atom. The number of rotatable bonds is 5. The summed E-state index contributed by atoms with van der Waals surface area (Å²) in [6, 6.07) is 9.84. The van der Waals surface area contributed by atoms with Crippen molar-refractivity contribution in [2.45, 2.75) is 19.0 Å². The molecule has 0 aliphatic carbocycles. The van der Waals surface area contributed by atoms with Gasteiger partial charge in [0.05, 0.1) is 11.9 Å². The molecule has 0 saturated heterocycles. The maximum Gasteiger partial charge on any atom is 0.390 e. The molecule has 0 saturated carbocycles. The van der Waals surface area contributed by atoms with Crippen molar-refractivity contribution in [1.82, 2.24) is 15.6 Å². The second-order valence-electron chi connectivity index (χ2n) is 5.03. The molecule has 0 aliphatic rings. The Morgan fingerprint density at radius 2 is 1.87 bits per heavy atom. The topological polar surface area (TPSA) is 49.3 Å². The summed E-state index contributed by atoms with van der Waals surface area (Å²) < 4.78 is 36.4. The number of nitrogens with one attached hydrogen (secondary N) is 2. The lowest BCUT2D eigenvalue weighted by Crippen LogP contribution is -2.39. The second-order valence-corrected chi connectivity index (χ2v) is 5.03.